The van der Waals surface area contributed by atoms with Gasteiger partial charge in [-0.15, -0.1) is 0 Å². The Morgan fingerprint density at radius 3 is 2.43 bits per heavy atom. The van der Waals surface area contributed by atoms with E-state index in [1.165, 1.54) is 5.56 Å². The predicted molar refractivity (Wildman–Crippen MR) is 147 cm³/mol. The summed E-state index contributed by atoms with van der Waals surface area (Å²) >= 11 is 12.2. The number of nitrogens with zero attached hydrogens (tertiary/aromatic N) is 2. The van der Waals surface area contributed by atoms with Crippen molar-refractivity contribution in [1.82, 2.24) is 15.1 Å². The second kappa shape index (κ2) is 13.0. The Morgan fingerprint density at radius 1 is 1.03 bits per heavy atom. The average molecular weight is 548 g/mol. The average Bonchev–Trinajstić information content (AvgIpc) is 2.90. The number of ether oxygens (including phenoxy) is 1. The molecule has 2 saturated heterocycles. The van der Waals surface area contributed by atoms with E-state index >= 15 is 0 Å². The maximum absolute atomic E-state index is 13.1. The number of likely N-dealkylation sites (tertiary alicyclic amines) is 2. The topological polar surface area (TPSA) is 87.9 Å². The van der Waals surface area contributed by atoms with Crippen molar-refractivity contribution in [3.8, 4) is 5.75 Å². The number of piperidine rings is 2. The molecule has 2 fully saturated rings. The normalized spacial score (nSPS) is 21.0. The minimum absolute atomic E-state index is 0.0893. The first-order chi connectivity index (χ1) is 17.8. The summed E-state index contributed by atoms with van der Waals surface area (Å²) in [7, 11) is 0. The number of amides is 2. The molecule has 0 bridgehead atoms. The number of hydrogen-bond donors (Lipinski definition) is 2. The molecule has 7 nitrogen and oxygen atoms in total. The van der Waals surface area contributed by atoms with Gasteiger partial charge in [-0.25, -0.2) is 0 Å². The van der Waals surface area contributed by atoms with E-state index in [9.17, 15) is 9.59 Å². The SMILES string of the molecule is CC[C@@H]1C[C@H](NC(=O)COc2ccc(Cl)cc2C(=O)N2CCC(N)CC2)CCN1Cc1ccc(Cl)cc1. The van der Waals surface area contributed by atoms with Crippen LogP contribution in [0.25, 0.3) is 0 Å². The molecule has 2 heterocycles. The molecule has 2 aliphatic heterocycles. The van der Waals surface area contributed by atoms with Crippen molar-refractivity contribution in [3.63, 3.8) is 0 Å². The quantitative estimate of drug-likeness (QED) is 0.509. The second-order valence-electron chi connectivity index (χ2n) is 10.0. The van der Waals surface area contributed by atoms with E-state index in [2.05, 4.69) is 29.3 Å². The first kappa shape index (κ1) is 27.7. The van der Waals surface area contributed by atoms with E-state index in [0.717, 1.165) is 50.2 Å². The van der Waals surface area contributed by atoms with Crippen LogP contribution in [0.2, 0.25) is 10.0 Å². The van der Waals surface area contributed by atoms with Gasteiger partial charge < -0.3 is 20.7 Å². The molecule has 2 amide bonds. The van der Waals surface area contributed by atoms with Crippen molar-refractivity contribution in [1.29, 1.82) is 0 Å². The minimum Gasteiger partial charge on any atom is -0.483 e. The second-order valence-corrected chi connectivity index (χ2v) is 10.9. The Bertz CT molecular complexity index is 1070. The van der Waals surface area contributed by atoms with Gasteiger partial charge in [-0.2, -0.15) is 0 Å². The molecule has 200 valence electrons. The summed E-state index contributed by atoms with van der Waals surface area (Å²) < 4.78 is 5.83. The van der Waals surface area contributed by atoms with Gasteiger partial charge in [-0.1, -0.05) is 42.3 Å². The third-order valence-electron chi connectivity index (χ3n) is 7.33. The highest BCUT2D eigenvalue weighted by molar-refractivity contribution is 6.31. The Morgan fingerprint density at radius 2 is 1.73 bits per heavy atom. The molecule has 37 heavy (non-hydrogen) atoms. The summed E-state index contributed by atoms with van der Waals surface area (Å²) in [6.45, 7) is 5.00. The Kier molecular flexibility index (Phi) is 9.71. The van der Waals surface area contributed by atoms with Gasteiger partial charge in [0.05, 0.1) is 5.56 Å². The molecule has 2 aliphatic rings. The molecule has 0 aliphatic carbocycles. The predicted octanol–water partition coefficient (Wildman–Crippen LogP) is 4.49. The van der Waals surface area contributed by atoms with Crippen molar-refractivity contribution in [2.24, 2.45) is 5.73 Å². The number of carbonyl (C=O) groups is 2. The third-order valence-corrected chi connectivity index (χ3v) is 7.82. The van der Waals surface area contributed by atoms with Gasteiger partial charge in [-0.05, 0) is 68.0 Å². The molecule has 2 aromatic carbocycles. The van der Waals surface area contributed by atoms with Gasteiger partial charge in [-0.3, -0.25) is 14.5 Å². The number of nitrogens with one attached hydrogen (secondary N) is 1. The van der Waals surface area contributed by atoms with Gasteiger partial charge in [0, 0.05) is 54.3 Å². The smallest absolute Gasteiger partial charge is 0.258 e. The lowest BCUT2D eigenvalue weighted by atomic mass is 9.94. The molecule has 0 spiro atoms. The van der Waals surface area contributed by atoms with Crippen molar-refractivity contribution >= 4 is 35.0 Å². The first-order valence-corrected chi connectivity index (χ1v) is 13.8. The van der Waals surface area contributed by atoms with Gasteiger partial charge in [0.15, 0.2) is 6.61 Å². The number of rotatable bonds is 8. The van der Waals surface area contributed by atoms with Crippen LogP contribution < -0.4 is 15.8 Å². The summed E-state index contributed by atoms with van der Waals surface area (Å²) in [6.07, 6.45) is 4.30. The highest BCUT2D eigenvalue weighted by atomic mass is 35.5. The van der Waals surface area contributed by atoms with Crippen LogP contribution in [-0.4, -0.2) is 66.0 Å². The maximum Gasteiger partial charge on any atom is 0.258 e. The molecular formula is C28H36Cl2N4O3. The molecule has 2 atom stereocenters. The zero-order valence-corrected chi connectivity index (χ0v) is 22.8. The van der Waals surface area contributed by atoms with Crippen LogP contribution in [-0.2, 0) is 11.3 Å². The summed E-state index contributed by atoms with van der Waals surface area (Å²) in [5.74, 6) is 0.0237. The summed E-state index contributed by atoms with van der Waals surface area (Å²) in [4.78, 5) is 30.1. The summed E-state index contributed by atoms with van der Waals surface area (Å²) in [6, 6.07) is 13.5. The van der Waals surface area contributed by atoms with E-state index < -0.39 is 0 Å². The summed E-state index contributed by atoms with van der Waals surface area (Å²) in [5.41, 5.74) is 7.58. The molecular weight excluding hydrogens is 511 g/mol. The van der Waals surface area contributed by atoms with Crippen LogP contribution in [0, 0.1) is 0 Å². The van der Waals surface area contributed by atoms with E-state index in [1.54, 1.807) is 23.1 Å². The van der Waals surface area contributed by atoms with E-state index in [0.29, 0.717) is 35.5 Å². The van der Waals surface area contributed by atoms with Crippen molar-refractivity contribution in [2.75, 3.05) is 26.2 Å². The number of carbonyl (C=O) groups excluding carboxylic acids is 2. The van der Waals surface area contributed by atoms with Crippen LogP contribution in [0.5, 0.6) is 5.75 Å². The monoisotopic (exact) mass is 546 g/mol. The molecule has 2 aromatic rings. The number of nitrogens with two attached hydrogens (primary N) is 1. The fourth-order valence-corrected chi connectivity index (χ4v) is 5.47. The van der Waals surface area contributed by atoms with Crippen LogP contribution in [0.4, 0.5) is 0 Å². The van der Waals surface area contributed by atoms with Gasteiger partial charge in [0.25, 0.3) is 11.8 Å². The largest absolute Gasteiger partial charge is 0.483 e. The highest BCUT2D eigenvalue weighted by Crippen LogP contribution is 2.26. The van der Waals surface area contributed by atoms with E-state index in [-0.39, 0.29) is 30.5 Å². The van der Waals surface area contributed by atoms with Crippen LogP contribution >= 0.6 is 23.2 Å². The fraction of sp³-hybridized carbons (Fsp3) is 0.500. The fourth-order valence-electron chi connectivity index (χ4n) is 5.17. The van der Waals surface area contributed by atoms with Crippen LogP contribution in [0.1, 0.15) is 54.9 Å². The zero-order chi connectivity index (χ0) is 26.4. The third kappa shape index (κ3) is 7.60. The molecule has 0 radical (unpaired) electrons. The molecule has 9 heteroatoms. The van der Waals surface area contributed by atoms with Gasteiger partial charge >= 0.3 is 0 Å². The van der Waals surface area contributed by atoms with Crippen molar-refractivity contribution in [2.45, 2.75) is 63.7 Å². The zero-order valence-electron chi connectivity index (χ0n) is 21.3. The Balaban J connectivity index is 1.30. The Labute approximate surface area is 229 Å². The van der Waals surface area contributed by atoms with E-state index in [4.69, 9.17) is 33.7 Å². The lowest BCUT2D eigenvalue weighted by Gasteiger charge is -2.39. The number of halogens is 2. The van der Waals surface area contributed by atoms with Crippen LogP contribution in [0.15, 0.2) is 42.5 Å². The molecule has 4 rings (SSSR count). The first-order valence-electron chi connectivity index (χ1n) is 13.1. The van der Waals surface area contributed by atoms with Gasteiger partial charge in [0.1, 0.15) is 5.75 Å². The Hall–Kier alpha value is -2.32. The molecule has 0 aromatic heterocycles. The minimum atomic E-state index is -0.191. The standard InChI is InChI=1S/C28H36Cl2N4O3/c1-2-24-16-23(11-14-34(24)17-19-3-5-20(29)6-4-19)32-27(35)18-37-26-8-7-21(30)15-25(26)28(36)33-12-9-22(31)10-13-33/h3-8,15,22-24H,2,9-14,16-18,31H2,1H3,(H,32,35)/t23-,24-/m1/s1. The maximum atomic E-state index is 13.1. The molecule has 0 saturated carbocycles. The highest BCUT2D eigenvalue weighted by Gasteiger charge is 2.29. The summed E-state index contributed by atoms with van der Waals surface area (Å²) in [5, 5.41) is 4.32. The molecule has 0 unspecified atom stereocenters. The molecule has 3 N–H and O–H groups in total. The number of hydrogen-bond acceptors (Lipinski definition) is 5. The lowest BCUT2D eigenvalue weighted by Crippen LogP contribution is -2.50. The number of benzene rings is 2. The van der Waals surface area contributed by atoms with Crippen LogP contribution in [0.3, 0.4) is 0 Å². The van der Waals surface area contributed by atoms with E-state index in [1.807, 2.05) is 12.1 Å². The van der Waals surface area contributed by atoms with Crippen molar-refractivity contribution in [3.05, 3.63) is 63.6 Å². The van der Waals surface area contributed by atoms with Gasteiger partial charge in [0.2, 0.25) is 0 Å². The van der Waals surface area contributed by atoms with Crippen molar-refractivity contribution < 1.29 is 14.3 Å². The lowest BCUT2D eigenvalue weighted by molar-refractivity contribution is -0.124.